The second-order valence-corrected chi connectivity index (χ2v) is 7.67. The number of nitrogens with zero attached hydrogens (tertiary/aromatic N) is 5. The summed E-state index contributed by atoms with van der Waals surface area (Å²) in [7, 11) is 5.89. The largest absolute Gasteiger partial charge is 0.461 e. The zero-order chi connectivity index (χ0) is 21.5. The van der Waals surface area contributed by atoms with Crippen molar-refractivity contribution in [1.29, 1.82) is 0 Å². The van der Waals surface area contributed by atoms with Crippen molar-refractivity contribution in [3.8, 4) is 11.6 Å². The van der Waals surface area contributed by atoms with Gasteiger partial charge in [0.15, 0.2) is 23.0 Å². The van der Waals surface area contributed by atoms with Crippen LogP contribution in [0, 0.1) is 0 Å². The standard InChI is InChI=1S/C18H19N5O5S/c1-9(24)12(17(26)21(2)3)29-15-11-14(22(4)18(27)23(5)16(11)25)19-13(20-15)10-7-6-8-28-10/h6-8,12H,1-5H3. The molecule has 3 aromatic rings. The molecule has 3 rings (SSSR count). The van der Waals surface area contributed by atoms with E-state index in [1.807, 2.05) is 0 Å². The van der Waals surface area contributed by atoms with E-state index in [0.717, 1.165) is 16.3 Å². The molecule has 10 nitrogen and oxygen atoms in total. The minimum Gasteiger partial charge on any atom is -0.461 e. The molecule has 0 aliphatic heterocycles. The summed E-state index contributed by atoms with van der Waals surface area (Å²) in [6.07, 6.45) is 1.44. The summed E-state index contributed by atoms with van der Waals surface area (Å²) in [5.74, 6) is -0.370. The molecule has 0 radical (unpaired) electrons. The molecule has 29 heavy (non-hydrogen) atoms. The van der Waals surface area contributed by atoms with Crippen LogP contribution in [-0.2, 0) is 23.7 Å². The third-order valence-corrected chi connectivity index (χ3v) is 5.56. The molecule has 3 aromatic heterocycles. The average molecular weight is 417 g/mol. The smallest absolute Gasteiger partial charge is 0.332 e. The molecule has 152 valence electrons. The number of rotatable bonds is 5. The van der Waals surface area contributed by atoms with Gasteiger partial charge in [-0.05, 0) is 19.1 Å². The lowest BCUT2D eigenvalue weighted by Crippen LogP contribution is -2.38. The Kier molecular flexibility index (Phi) is 5.42. The number of fused-ring (bicyclic) bond motifs is 1. The minimum absolute atomic E-state index is 0.0488. The van der Waals surface area contributed by atoms with Gasteiger partial charge < -0.3 is 9.32 Å². The zero-order valence-corrected chi connectivity index (χ0v) is 17.3. The topological polar surface area (TPSA) is 120 Å². The van der Waals surface area contributed by atoms with E-state index < -0.39 is 22.4 Å². The van der Waals surface area contributed by atoms with Crippen LogP contribution in [-0.4, -0.2) is 55.0 Å². The van der Waals surface area contributed by atoms with Crippen molar-refractivity contribution in [2.24, 2.45) is 14.1 Å². The quantitative estimate of drug-likeness (QED) is 0.333. The Labute approximate surface area is 169 Å². The van der Waals surface area contributed by atoms with Crippen molar-refractivity contribution in [2.45, 2.75) is 17.2 Å². The first-order valence-corrected chi connectivity index (χ1v) is 9.41. The predicted molar refractivity (Wildman–Crippen MR) is 107 cm³/mol. The van der Waals surface area contributed by atoms with Crippen molar-refractivity contribution in [3.63, 3.8) is 0 Å². The number of carbonyl (C=O) groups excluding carboxylic acids is 2. The van der Waals surface area contributed by atoms with Gasteiger partial charge in [-0.25, -0.2) is 14.8 Å². The Balaban J connectivity index is 2.34. The highest BCUT2D eigenvalue weighted by Gasteiger charge is 2.29. The molecule has 0 aliphatic carbocycles. The van der Waals surface area contributed by atoms with Gasteiger partial charge >= 0.3 is 5.69 Å². The third kappa shape index (κ3) is 3.60. The lowest BCUT2D eigenvalue weighted by molar-refractivity contribution is -0.132. The maximum Gasteiger partial charge on any atom is 0.332 e. The molecule has 0 saturated heterocycles. The number of amides is 1. The van der Waals surface area contributed by atoms with Gasteiger partial charge in [0, 0.05) is 28.2 Å². The molecule has 0 bridgehead atoms. The molecule has 0 aromatic carbocycles. The summed E-state index contributed by atoms with van der Waals surface area (Å²) in [5.41, 5.74) is -1.09. The van der Waals surface area contributed by atoms with E-state index in [0.29, 0.717) is 5.76 Å². The molecular formula is C18H19N5O5S. The molecule has 1 amide bonds. The van der Waals surface area contributed by atoms with Crippen LogP contribution in [0.5, 0.6) is 0 Å². The van der Waals surface area contributed by atoms with Crippen molar-refractivity contribution in [1.82, 2.24) is 24.0 Å². The SMILES string of the molecule is CC(=O)C(Sc1nc(-c2ccco2)nc2c1c(=O)n(C)c(=O)n2C)C(=O)N(C)C. The normalized spacial score (nSPS) is 12.2. The molecule has 0 N–H and O–H groups in total. The van der Waals surface area contributed by atoms with Gasteiger partial charge in [0.25, 0.3) is 5.56 Å². The van der Waals surface area contributed by atoms with Gasteiger partial charge in [-0.1, -0.05) is 11.8 Å². The molecule has 0 saturated carbocycles. The number of Topliss-reactive ketones (excluding diaryl/α,β-unsaturated/α-hetero) is 1. The van der Waals surface area contributed by atoms with E-state index in [-0.39, 0.29) is 27.7 Å². The number of aryl methyl sites for hydroxylation is 1. The summed E-state index contributed by atoms with van der Waals surface area (Å²) >= 11 is 0.849. The highest BCUT2D eigenvalue weighted by molar-refractivity contribution is 8.01. The van der Waals surface area contributed by atoms with Gasteiger partial charge in [0.05, 0.1) is 6.26 Å². The first kappa shape index (κ1) is 20.5. The number of ketones is 1. The van der Waals surface area contributed by atoms with Crippen molar-refractivity contribution in [3.05, 3.63) is 39.2 Å². The Morgan fingerprint density at radius 2 is 1.86 bits per heavy atom. The van der Waals surface area contributed by atoms with Crippen LogP contribution in [0.25, 0.3) is 22.6 Å². The lowest BCUT2D eigenvalue weighted by atomic mass is 10.3. The summed E-state index contributed by atoms with van der Waals surface area (Å²) in [6, 6.07) is 3.27. The predicted octanol–water partition coefficient (Wildman–Crippen LogP) is 0.425. The molecule has 11 heteroatoms. The number of furan rings is 1. The Bertz CT molecular complexity index is 1230. The summed E-state index contributed by atoms with van der Waals surface area (Å²) in [4.78, 5) is 59.8. The van der Waals surface area contributed by atoms with Crippen molar-refractivity contribution in [2.75, 3.05) is 14.1 Å². The van der Waals surface area contributed by atoms with Crippen LogP contribution in [0.15, 0.2) is 37.4 Å². The van der Waals surface area contributed by atoms with Gasteiger partial charge in [-0.3, -0.25) is 23.5 Å². The van der Waals surface area contributed by atoms with E-state index in [1.165, 1.54) is 50.8 Å². The molecule has 1 atom stereocenters. The molecule has 1 unspecified atom stereocenters. The fourth-order valence-electron chi connectivity index (χ4n) is 2.68. The number of aromatic nitrogens is 4. The van der Waals surface area contributed by atoms with E-state index in [4.69, 9.17) is 4.42 Å². The second kappa shape index (κ2) is 7.66. The third-order valence-electron chi connectivity index (χ3n) is 4.27. The van der Waals surface area contributed by atoms with E-state index in [1.54, 1.807) is 12.1 Å². The number of carbonyl (C=O) groups is 2. The summed E-state index contributed by atoms with van der Waals surface area (Å²) < 4.78 is 7.48. The van der Waals surface area contributed by atoms with Gasteiger partial charge in [-0.15, -0.1) is 0 Å². The summed E-state index contributed by atoms with van der Waals surface area (Å²) in [6.45, 7) is 1.30. The monoisotopic (exact) mass is 417 g/mol. The van der Waals surface area contributed by atoms with Crippen molar-refractivity contribution < 1.29 is 14.0 Å². The first-order valence-electron chi connectivity index (χ1n) is 8.53. The van der Waals surface area contributed by atoms with E-state index in [2.05, 4.69) is 9.97 Å². The Hall–Kier alpha value is -3.21. The number of hydrogen-bond acceptors (Lipinski definition) is 8. The fourth-order valence-corrected chi connectivity index (χ4v) is 3.82. The van der Waals surface area contributed by atoms with Crippen LogP contribution >= 0.6 is 11.8 Å². The van der Waals surface area contributed by atoms with E-state index >= 15 is 0 Å². The zero-order valence-electron chi connectivity index (χ0n) is 16.5. The number of hydrogen-bond donors (Lipinski definition) is 0. The van der Waals surface area contributed by atoms with E-state index in [9.17, 15) is 19.2 Å². The van der Waals surface area contributed by atoms with Crippen LogP contribution in [0.4, 0.5) is 0 Å². The van der Waals surface area contributed by atoms with Crippen molar-refractivity contribution >= 4 is 34.5 Å². The molecule has 0 fully saturated rings. The Morgan fingerprint density at radius 3 is 2.41 bits per heavy atom. The highest BCUT2D eigenvalue weighted by Crippen LogP contribution is 2.30. The number of thioether (sulfide) groups is 1. The lowest BCUT2D eigenvalue weighted by Gasteiger charge is -2.18. The van der Waals surface area contributed by atoms with Crippen LogP contribution < -0.4 is 11.2 Å². The summed E-state index contributed by atoms with van der Waals surface area (Å²) in [5, 5.41) is -0.935. The van der Waals surface area contributed by atoms with Crippen LogP contribution in [0.3, 0.4) is 0 Å². The maximum absolute atomic E-state index is 12.8. The van der Waals surface area contributed by atoms with Gasteiger partial charge in [-0.2, -0.15) is 0 Å². The van der Waals surface area contributed by atoms with Crippen LogP contribution in [0.2, 0.25) is 0 Å². The molecule has 3 heterocycles. The molecular weight excluding hydrogens is 398 g/mol. The molecule has 0 spiro atoms. The Morgan fingerprint density at radius 1 is 1.17 bits per heavy atom. The van der Waals surface area contributed by atoms with Crippen LogP contribution in [0.1, 0.15) is 6.92 Å². The highest BCUT2D eigenvalue weighted by atomic mass is 32.2. The molecule has 0 aliphatic rings. The second-order valence-electron chi connectivity index (χ2n) is 6.58. The fraction of sp³-hybridized carbons (Fsp3) is 0.333. The minimum atomic E-state index is -1.10. The maximum atomic E-state index is 12.8. The first-order chi connectivity index (χ1) is 13.6. The van der Waals surface area contributed by atoms with Gasteiger partial charge in [0.2, 0.25) is 5.91 Å². The average Bonchev–Trinajstić information content (AvgIpc) is 3.22. The van der Waals surface area contributed by atoms with Gasteiger partial charge in [0.1, 0.15) is 15.7 Å².